The van der Waals surface area contributed by atoms with Crippen LogP contribution in [0.15, 0.2) is 33.5 Å². The number of rotatable bonds is 3. The van der Waals surface area contributed by atoms with Crippen LogP contribution in [0.25, 0.3) is 11.0 Å². The molecule has 83 valence electrons. The zero-order chi connectivity index (χ0) is 11.5. The fourth-order valence-electron chi connectivity index (χ4n) is 1.63. The lowest BCUT2D eigenvalue weighted by Gasteiger charge is -2.08. The number of benzene rings is 1. The quantitative estimate of drug-likeness (QED) is 0.742. The molecule has 3 nitrogen and oxygen atoms in total. The minimum atomic E-state index is -0.426. The number of hydrogen-bond acceptors (Lipinski definition) is 3. The van der Waals surface area contributed by atoms with Crippen LogP contribution >= 0.6 is 0 Å². The molecule has 0 N–H and O–H groups in total. The molecule has 2 aromatic rings. The minimum Gasteiger partial charge on any atom is -0.486 e. The third kappa shape index (κ3) is 1.81. The molecular formula is C13H13O3. The predicted octanol–water partition coefficient (Wildman–Crippen LogP) is 2.70. The number of para-hydroxylation sites is 1. The maximum absolute atomic E-state index is 11.6. The normalized spacial score (nSPS) is 10.6. The largest absolute Gasteiger partial charge is 0.486 e. The number of ether oxygens (including phenoxy) is 1. The maximum atomic E-state index is 11.6. The van der Waals surface area contributed by atoms with Crippen LogP contribution in [0.4, 0.5) is 0 Å². The van der Waals surface area contributed by atoms with E-state index in [0.717, 1.165) is 10.9 Å². The third-order valence-electron chi connectivity index (χ3n) is 2.41. The molecule has 0 aliphatic heterocycles. The van der Waals surface area contributed by atoms with Crippen LogP contribution in [0.1, 0.15) is 12.0 Å². The van der Waals surface area contributed by atoms with Gasteiger partial charge in [-0.2, -0.15) is 0 Å². The molecule has 1 radical (unpaired) electrons. The second-order valence-corrected chi connectivity index (χ2v) is 3.54. The Morgan fingerprint density at radius 3 is 2.88 bits per heavy atom. The molecule has 0 aliphatic rings. The van der Waals surface area contributed by atoms with Gasteiger partial charge in [-0.1, -0.05) is 18.2 Å². The van der Waals surface area contributed by atoms with E-state index in [1.807, 2.05) is 25.1 Å². The number of hydrogen-bond donors (Lipinski definition) is 0. The van der Waals surface area contributed by atoms with Crippen LogP contribution in [0, 0.1) is 13.8 Å². The molecule has 0 amide bonds. The van der Waals surface area contributed by atoms with Crippen molar-refractivity contribution in [2.24, 2.45) is 0 Å². The Balaban J connectivity index is 2.61. The highest BCUT2D eigenvalue weighted by Gasteiger charge is 2.11. The van der Waals surface area contributed by atoms with Crippen molar-refractivity contribution in [3.8, 4) is 5.75 Å². The van der Waals surface area contributed by atoms with Gasteiger partial charge in [0.1, 0.15) is 5.58 Å². The lowest BCUT2D eigenvalue weighted by molar-refractivity contribution is 0.306. The Bertz CT molecular complexity index is 555. The fourth-order valence-corrected chi connectivity index (χ4v) is 1.63. The van der Waals surface area contributed by atoms with Gasteiger partial charge in [0.15, 0.2) is 0 Å². The molecule has 1 aromatic heterocycles. The van der Waals surface area contributed by atoms with Crippen LogP contribution in [0.3, 0.4) is 0 Å². The predicted molar refractivity (Wildman–Crippen MR) is 62.7 cm³/mol. The molecule has 1 aromatic carbocycles. The van der Waals surface area contributed by atoms with Crippen molar-refractivity contribution >= 4 is 11.0 Å². The van der Waals surface area contributed by atoms with E-state index in [-0.39, 0.29) is 0 Å². The van der Waals surface area contributed by atoms with Gasteiger partial charge in [0.25, 0.3) is 0 Å². The molecule has 0 bridgehead atoms. The Morgan fingerprint density at radius 2 is 2.12 bits per heavy atom. The first-order chi connectivity index (χ1) is 7.74. The highest BCUT2D eigenvalue weighted by atomic mass is 16.5. The monoisotopic (exact) mass is 217 g/mol. The average molecular weight is 217 g/mol. The van der Waals surface area contributed by atoms with Crippen molar-refractivity contribution in [3.05, 3.63) is 47.2 Å². The molecule has 0 saturated carbocycles. The fraction of sp³-hybridized carbons (Fsp3) is 0.231. The summed E-state index contributed by atoms with van der Waals surface area (Å²) in [6.45, 7) is 5.94. The molecular weight excluding hydrogens is 204 g/mol. The minimum absolute atomic E-state index is 0.294. The lowest BCUT2D eigenvalue weighted by Crippen LogP contribution is -2.09. The zero-order valence-corrected chi connectivity index (χ0v) is 9.16. The van der Waals surface area contributed by atoms with Gasteiger partial charge in [0.05, 0.1) is 6.61 Å². The summed E-state index contributed by atoms with van der Waals surface area (Å²) in [6.07, 6.45) is 0.617. The van der Waals surface area contributed by atoms with Gasteiger partial charge in [-0.3, -0.25) is 0 Å². The Morgan fingerprint density at radius 1 is 1.38 bits per heavy atom. The van der Waals surface area contributed by atoms with E-state index >= 15 is 0 Å². The molecule has 0 unspecified atom stereocenters. The van der Waals surface area contributed by atoms with E-state index < -0.39 is 5.63 Å². The summed E-state index contributed by atoms with van der Waals surface area (Å²) in [5, 5.41) is 0.904. The SMILES string of the molecule is [CH2]CCOc1c(C)c2ccccc2oc1=O. The Hall–Kier alpha value is -1.77. The van der Waals surface area contributed by atoms with Crippen LogP contribution < -0.4 is 10.4 Å². The number of fused-ring (bicyclic) bond motifs is 1. The van der Waals surface area contributed by atoms with E-state index in [0.29, 0.717) is 24.4 Å². The van der Waals surface area contributed by atoms with Crippen LogP contribution in [0.2, 0.25) is 0 Å². The van der Waals surface area contributed by atoms with Crippen LogP contribution in [-0.2, 0) is 0 Å². The van der Waals surface area contributed by atoms with Crippen LogP contribution in [-0.4, -0.2) is 6.61 Å². The first kappa shape index (κ1) is 10.7. The molecule has 0 aliphatic carbocycles. The van der Waals surface area contributed by atoms with Crippen molar-refractivity contribution in [2.75, 3.05) is 6.61 Å². The van der Waals surface area contributed by atoms with Crippen molar-refractivity contribution in [1.82, 2.24) is 0 Å². The Kier molecular flexibility index (Phi) is 2.95. The van der Waals surface area contributed by atoms with E-state index in [2.05, 4.69) is 6.92 Å². The second kappa shape index (κ2) is 4.39. The third-order valence-corrected chi connectivity index (χ3v) is 2.41. The molecule has 16 heavy (non-hydrogen) atoms. The molecule has 2 rings (SSSR count). The standard InChI is InChI=1S/C13H13O3/c1-3-8-15-12-9(2)10-6-4-5-7-11(10)16-13(12)14/h4-7H,1,3,8H2,2H3. The Labute approximate surface area is 93.7 Å². The van der Waals surface area contributed by atoms with Crippen LogP contribution in [0.5, 0.6) is 5.75 Å². The summed E-state index contributed by atoms with van der Waals surface area (Å²) in [6, 6.07) is 7.42. The number of aryl methyl sites for hydroxylation is 1. The van der Waals surface area contributed by atoms with Crippen molar-refractivity contribution in [2.45, 2.75) is 13.3 Å². The van der Waals surface area contributed by atoms with E-state index in [4.69, 9.17) is 9.15 Å². The average Bonchev–Trinajstić information content (AvgIpc) is 2.29. The summed E-state index contributed by atoms with van der Waals surface area (Å²) in [5.41, 5.74) is 0.983. The van der Waals surface area contributed by atoms with Gasteiger partial charge in [-0.25, -0.2) is 4.79 Å². The van der Waals surface area contributed by atoms with Gasteiger partial charge in [-0.05, 0) is 26.3 Å². The molecule has 0 fully saturated rings. The smallest absolute Gasteiger partial charge is 0.379 e. The van der Waals surface area contributed by atoms with Gasteiger partial charge >= 0.3 is 5.63 Å². The van der Waals surface area contributed by atoms with Gasteiger partial charge < -0.3 is 9.15 Å². The topological polar surface area (TPSA) is 39.4 Å². The van der Waals surface area contributed by atoms with Crippen molar-refractivity contribution < 1.29 is 9.15 Å². The van der Waals surface area contributed by atoms with Gasteiger partial charge in [-0.15, -0.1) is 0 Å². The highest BCUT2D eigenvalue weighted by molar-refractivity contribution is 5.81. The summed E-state index contributed by atoms with van der Waals surface area (Å²) in [5.74, 6) is 0.294. The summed E-state index contributed by atoms with van der Waals surface area (Å²) >= 11 is 0. The molecule has 3 heteroatoms. The highest BCUT2D eigenvalue weighted by Crippen LogP contribution is 2.23. The second-order valence-electron chi connectivity index (χ2n) is 3.54. The van der Waals surface area contributed by atoms with E-state index in [1.165, 1.54) is 0 Å². The first-order valence-corrected chi connectivity index (χ1v) is 5.18. The maximum Gasteiger partial charge on any atom is 0.379 e. The first-order valence-electron chi connectivity index (χ1n) is 5.18. The summed E-state index contributed by atoms with van der Waals surface area (Å²) in [4.78, 5) is 11.6. The van der Waals surface area contributed by atoms with Gasteiger partial charge in [0, 0.05) is 10.9 Å². The molecule has 1 heterocycles. The summed E-state index contributed by atoms with van der Waals surface area (Å²) < 4.78 is 10.5. The zero-order valence-electron chi connectivity index (χ0n) is 9.16. The van der Waals surface area contributed by atoms with Gasteiger partial charge in [0.2, 0.25) is 5.75 Å². The van der Waals surface area contributed by atoms with E-state index in [1.54, 1.807) is 6.07 Å². The van der Waals surface area contributed by atoms with Crippen molar-refractivity contribution in [1.29, 1.82) is 0 Å². The molecule has 0 saturated heterocycles. The molecule has 0 spiro atoms. The van der Waals surface area contributed by atoms with Crippen molar-refractivity contribution in [3.63, 3.8) is 0 Å². The summed E-state index contributed by atoms with van der Waals surface area (Å²) in [7, 11) is 0. The molecule has 0 atom stereocenters. The van der Waals surface area contributed by atoms with E-state index in [9.17, 15) is 4.79 Å². The lowest BCUT2D eigenvalue weighted by atomic mass is 10.1.